The fourth-order valence-electron chi connectivity index (χ4n) is 3.47. The predicted octanol–water partition coefficient (Wildman–Crippen LogP) is 3.22. The first-order chi connectivity index (χ1) is 14.1. The average Bonchev–Trinajstić information content (AvgIpc) is 2.76. The Bertz CT molecular complexity index is 1130. The standard InChI is InChI=1S/C21H17ClFN5O/c22-20-19(14-25-28(21(20)29)15-5-2-1-3-6-15)27-11-9-26(10-12-27)18-8-4-7-17(23)16(18)13-24/h1-8,14H,9-12H2. The Kier molecular flexibility index (Phi) is 5.19. The SMILES string of the molecule is N#Cc1c(F)cccc1N1CCN(c2cnn(-c3ccccc3)c(=O)c2Cl)CC1. The van der Waals surface area contributed by atoms with E-state index in [1.165, 1.54) is 10.7 Å². The minimum absolute atomic E-state index is 0.0473. The Labute approximate surface area is 172 Å². The largest absolute Gasteiger partial charge is 0.367 e. The number of nitriles is 1. The molecule has 0 radical (unpaired) electrons. The van der Waals surface area contributed by atoms with Crippen LogP contribution in [0.2, 0.25) is 5.02 Å². The van der Waals surface area contributed by atoms with Gasteiger partial charge in [0.2, 0.25) is 0 Å². The van der Waals surface area contributed by atoms with Gasteiger partial charge in [0, 0.05) is 26.2 Å². The van der Waals surface area contributed by atoms with Crippen molar-refractivity contribution in [1.29, 1.82) is 5.26 Å². The van der Waals surface area contributed by atoms with Crippen LogP contribution >= 0.6 is 11.6 Å². The van der Waals surface area contributed by atoms with Gasteiger partial charge in [0.05, 0.1) is 23.3 Å². The molecule has 2 heterocycles. The van der Waals surface area contributed by atoms with E-state index in [-0.39, 0.29) is 16.1 Å². The van der Waals surface area contributed by atoms with E-state index in [2.05, 4.69) is 5.10 Å². The van der Waals surface area contributed by atoms with Gasteiger partial charge >= 0.3 is 0 Å². The number of nitrogens with zero attached hydrogens (tertiary/aromatic N) is 5. The van der Waals surface area contributed by atoms with Gasteiger partial charge in [0.15, 0.2) is 0 Å². The molecule has 0 amide bonds. The molecule has 1 saturated heterocycles. The van der Waals surface area contributed by atoms with Crippen LogP contribution in [0.25, 0.3) is 5.69 Å². The van der Waals surface area contributed by atoms with Crippen LogP contribution in [0.15, 0.2) is 59.5 Å². The van der Waals surface area contributed by atoms with Gasteiger partial charge in [-0.05, 0) is 24.3 Å². The lowest BCUT2D eigenvalue weighted by atomic mass is 10.1. The summed E-state index contributed by atoms with van der Waals surface area (Å²) in [5.41, 5.74) is 1.46. The van der Waals surface area contributed by atoms with Crippen LogP contribution in [0.5, 0.6) is 0 Å². The van der Waals surface area contributed by atoms with Crippen molar-refractivity contribution in [3.8, 4) is 11.8 Å². The molecule has 0 bridgehead atoms. The van der Waals surface area contributed by atoms with E-state index in [1.54, 1.807) is 30.5 Å². The zero-order chi connectivity index (χ0) is 20.4. The first-order valence-corrected chi connectivity index (χ1v) is 9.49. The van der Waals surface area contributed by atoms with E-state index in [1.807, 2.05) is 34.1 Å². The van der Waals surface area contributed by atoms with Crippen LogP contribution in [0.3, 0.4) is 0 Å². The van der Waals surface area contributed by atoms with Crippen LogP contribution < -0.4 is 15.4 Å². The van der Waals surface area contributed by atoms with Crippen molar-refractivity contribution in [3.63, 3.8) is 0 Å². The highest BCUT2D eigenvalue weighted by molar-refractivity contribution is 6.33. The van der Waals surface area contributed by atoms with Crippen molar-refractivity contribution in [1.82, 2.24) is 9.78 Å². The van der Waals surface area contributed by atoms with Crippen LogP contribution in [-0.2, 0) is 0 Å². The highest BCUT2D eigenvalue weighted by Crippen LogP contribution is 2.27. The number of para-hydroxylation sites is 1. The highest BCUT2D eigenvalue weighted by Gasteiger charge is 2.23. The van der Waals surface area contributed by atoms with Crippen molar-refractivity contribution >= 4 is 23.0 Å². The quantitative estimate of drug-likeness (QED) is 0.664. The number of benzene rings is 2. The molecule has 0 aliphatic carbocycles. The molecule has 146 valence electrons. The van der Waals surface area contributed by atoms with Gasteiger partial charge in [0.25, 0.3) is 5.56 Å². The number of hydrogen-bond donors (Lipinski definition) is 0. The van der Waals surface area contributed by atoms with Crippen molar-refractivity contribution < 1.29 is 4.39 Å². The lowest BCUT2D eigenvalue weighted by Crippen LogP contribution is -2.47. The summed E-state index contributed by atoms with van der Waals surface area (Å²) < 4.78 is 15.2. The molecule has 3 aromatic rings. The predicted molar refractivity (Wildman–Crippen MR) is 110 cm³/mol. The highest BCUT2D eigenvalue weighted by atomic mass is 35.5. The number of hydrogen-bond acceptors (Lipinski definition) is 5. The Morgan fingerprint density at radius 2 is 1.62 bits per heavy atom. The lowest BCUT2D eigenvalue weighted by molar-refractivity contribution is 0.616. The molecule has 6 nitrogen and oxygen atoms in total. The molecule has 4 rings (SSSR count). The molecule has 1 aromatic heterocycles. The molecule has 0 unspecified atom stereocenters. The minimum Gasteiger partial charge on any atom is -0.367 e. The Balaban J connectivity index is 1.55. The zero-order valence-electron chi connectivity index (χ0n) is 15.4. The number of aromatic nitrogens is 2. The van der Waals surface area contributed by atoms with E-state index in [0.717, 1.165) is 0 Å². The molecule has 0 saturated carbocycles. The third kappa shape index (κ3) is 3.55. The summed E-state index contributed by atoms with van der Waals surface area (Å²) in [7, 11) is 0. The number of anilines is 2. The van der Waals surface area contributed by atoms with E-state index in [9.17, 15) is 14.4 Å². The lowest BCUT2D eigenvalue weighted by Gasteiger charge is -2.37. The molecule has 1 aliphatic rings. The second-order valence-electron chi connectivity index (χ2n) is 6.62. The van der Waals surface area contributed by atoms with Gasteiger partial charge in [0.1, 0.15) is 22.5 Å². The molecule has 1 fully saturated rings. The maximum atomic E-state index is 13.9. The van der Waals surface area contributed by atoms with Crippen molar-refractivity contribution in [2.75, 3.05) is 36.0 Å². The van der Waals surface area contributed by atoms with Crippen LogP contribution in [0, 0.1) is 17.1 Å². The zero-order valence-corrected chi connectivity index (χ0v) is 16.2. The normalized spacial score (nSPS) is 14.0. The Morgan fingerprint density at radius 3 is 2.28 bits per heavy atom. The second-order valence-corrected chi connectivity index (χ2v) is 6.99. The van der Waals surface area contributed by atoms with Gasteiger partial charge < -0.3 is 9.80 Å². The van der Waals surface area contributed by atoms with Crippen molar-refractivity contribution in [2.24, 2.45) is 0 Å². The number of piperazine rings is 1. The van der Waals surface area contributed by atoms with Gasteiger partial charge in [-0.25, -0.2) is 4.39 Å². The molecule has 1 aliphatic heterocycles. The van der Waals surface area contributed by atoms with E-state index in [0.29, 0.717) is 43.2 Å². The summed E-state index contributed by atoms with van der Waals surface area (Å²) in [5, 5.41) is 13.6. The maximum absolute atomic E-state index is 13.9. The summed E-state index contributed by atoms with van der Waals surface area (Å²) in [6.07, 6.45) is 1.59. The van der Waals surface area contributed by atoms with E-state index >= 15 is 0 Å². The first kappa shape index (κ1) is 19.0. The van der Waals surface area contributed by atoms with Gasteiger partial charge in [-0.3, -0.25) is 4.79 Å². The summed E-state index contributed by atoms with van der Waals surface area (Å²) in [6.45, 7) is 2.27. The van der Waals surface area contributed by atoms with E-state index in [4.69, 9.17) is 11.6 Å². The maximum Gasteiger partial charge on any atom is 0.292 e. The van der Waals surface area contributed by atoms with Gasteiger partial charge in [-0.1, -0.05) is 35.9 Å². The second kappa shape index (κ2) is 7.94. The molecule has 0 spiro atoms. The fourth-order valence-corrected chi connectivity index (χ4v) is 3.72. The van der Waals surface area contributed by atoms with E-state index < -0.39 is 5.82 Å². The van der Waals surface area contributed by atoms with Crippen molar-refractivity contribution in [3.05, 3.63) is 81.5 Å². The molecule has 0 atom stereocenters. The van der Waals surface area contributed by atoms with Crippen LogP contribution in [0.1, 0.15) is 5.56 Å². The van der Waals surface area contributed by atoms with Crippen LogP contribution in [0.4, 0.5) is 15.8 Å². The smallest absolute Gasteiger partial charge is 0.292 e. The summed E-state index contributed by atoms with van der Waals surface area (Å²) in [5.74, 6) is -0.524. The number of halogens is 2. The minimum atomic E-state index is -0.524. The summed E-state index contributed by atoms with van der Waals surface area (Å²) in [4.78, 5) is 16.6. The summed E-state index contributed by atoms with van der Waals surface area (Å²) >= 11 is 6.38. The third-order valence-electron chi connectivity index (χ3n) is 4.97. The Morgan fingerprint density at radius 1 is 0.966 bits per heavy atom. The molecular formula is C21H17ClFN5O. The third-order valence-corrected chi connectivity index (χ3v) is 5.32. The monoisotopic (exact) mass is 409 g/mol. The summed E-state index contributed by atoms with van der Waals surface area (Å²) in [6, 6.07) is 15.6. The topological polar surface area (TPSA) is 65.2 Å². The van der Waals surface area contributed by atoms with Gasteiger partial charge in [-0.15, -0.1) is 0 Å². The number of rotatable bonds is 3. The molecular weight excluding hydrogens is 393 g/mol. The van der Waals surface area contributed by atoms with Gasteiger partial charge in [-0.2, -0.15) is 15.0 Å². The Hall–Kier alpha value is -3.37. The first-order valence-electron chi connectivity index (χ1n) is 9.12. The van der Waals surface area contributed by atoms with Crippen molar-refractivity contribution in [2.45, 2.75) is 0 Å². The fraction of sp³-hybridized carbons (Fsp3) is 0.190. The average molecular weight is 410 g/mol. The molecule has 29 heavy (non-hydrogen) atoms. The molecule has 2 aromatic carbocycles. The van der Waals surface area contributed by atoms with Crippen LogP contribution in [-0.4, -0.2) is 36.0 Å². The molecule has 8 heteroatoms. The molecule has 0 N–H and O–H groups in total.